The minimum atomic E-state index is -4.66. The van der Waals surface area contributed by atoms with Gasteiger partial charge in [0.2, 0.25) is 15.9 Å². The van der Waals surface area contributed by atoms with E-state index >= 15 is 0 Å². The lowest BCUT2D eigenvalue weighted by Gasteiger charge is -2.22. The maximum absolute atomic E-state index is 12.9. The van der Waals surface area contributed by atoms with Gasteiger partial charge in [0.25, 0.3) is 0 Å². The number of nitrogens with zero attached hydrogens (tertiary/aromatic N) is 1. The maximum Gasteiger partial charge on any atom is 0.416 e. The number of carbonyl (C=O) groups is 1. The van der Waals surface area contributed by atoms with E-state index in [9.17, 15) is 26.4 Å². The molecular weight excluding hydrogens is 369 g/mol. The van der Waals surface area contributed by atoms with Crippen molar-refractivity contribution >= 4 is 15.9 Å². The SMILES string of the molecule is NC(=O)CCN(Cc1ccccc1)S(=O)(=O)c1cccc(C(F)(F)F)c1. The molecule has 0 aliphatic carbocycles. The molecule has 0 aliphatic heterocycles. The van der Waals surface area contributed by atoms with Gasteiger partial charge in [0, 0.05) is 19.5 Å². The zero-order chi connectivity index (χ0) is 19.4. The lowest BCUT2D eigenvalue weighted by molar-refractivity contribution is -0.137. The Kier molecular flexibility index (Phi) is 6.04. The highest BCUT2D eigenvalue weighted by Crippen LogP contribution is 2.31. The van der Waals surface area contributed by atoms with E-state index < -0.39 is 32.6 Å². The second kappa shape index (κ2) is 7.88. The molecule has 0 heterocycles. The molecule has 0 spiro atoms. The molecule has 0 saturated carbocycles. The van der Waals surface area contributed by atoms with Crippen molar-refractivity contribution in [2.45, 2.75) is 24.0 Å². The van der Waals surface area contributed by atoms with Crippen LogP contribution in [-0.2, 0) is 27.5 Å². The summed E-state index contributed by atoms with van der Waals surface area (Å²) in [6.45, 7) is -0.324. The molecule has 9 heteroatoms. The molecule has 0 atom stereocenters. The van der Waals surface area contributed by atoms with Crippen LogP contribution < -0.4 is 5.73 Å². The predicted octanol–water partition coefficient (Wildman–Crippen LogP) is 2.77. The van der Waals surface area contributed by atoms with Crippen molar-refractivity contribution in [3.05, 3.63) is 65.7 Å². The first-order valence-corrected chi connectivity index (χ1v) is 9.04. The van der Waals surface area contributed by atoms with E-state index in [-0.39, 0.29) is 19.5 Å². The third-order valence-electron chi connectivity index (χ3n) is 3.61. The number of nitrogens with two attached hydrogens (primary N) is 1. The molecule has 5 nitrogen and oxygen atoms in total. The van der Waals surface area contributed by atoms with Gasteiger partial charge in [-0.15, -0.1) is 0 Å². The van der Waals surface area contributed by atoms with Gasteiger partial charge in [0.15, 0.2) is 0 Å². The molecule has 26 heavy (non-hydrogen) atoms. The number of amides is 1. The monoisotopic (exact) mass is 386 g/mol. The smallest absolute Gasteiger partial charge is 0.370 e. The number of primary amides is 1. The Balaban J connectivity index is 2.39. The molecule has 2 aromatic carbocycles. The highest BCUT2D eigenvalue weighted by molar-refractivity contribution is 7.89. The molecule has 2 N–H and O–H groups in total. The van der Waals surface area contributed by atoms with Crippen molar-refractivity contribution in [2.24, 2.45) is 5.73 Å². The van der Waals surface area contributed by atoms with Crippen molar-refractivity contribution < 1.29 is 26.4 Å². The molecular formula is C17H17F3N2O3S. The fourth-order valence-electron chi connectivity index (χ4n) is 2.29. The lowest BCUT2D eigenvalue weighted by Crippen LogP contribution is -2.33. The molecule has 2 aromatic rings. The topological polar surface area (TPSA) is 80.5 Å². The summed E-state index contributed by atoms with van der Waals surface area (Å²) in [7, 11) is -4.25. The molecule has 1 amide bonds. The number of rotatable bonds is 7. The Hall–Kier alpha value is -2.39. The van der Waals surface area contributed by atoms with Gasteiger partial charge in [0.05, 0.1) is 10.5 Å². The second-order valence-corrected chi connectivity index (χ2v) is 7.50. The maximum atomic E-state index is 12.9. The summed E-state index contributed by atoms with van der Waals surface area (Å²) in [6.07, 6.45) is -4.91. The molecule has 0 unspecified atom stereocenters. The Morgan fingerprint density at radius 1 is 1.04 bits per heavy atom. The zero-order valence-electron chi connectivity index (χ0n) is 13.6. The molecule has 0 bridgehead atoms. The lowest BCUT2D eigenvalue weighted by atomic mass is 10.2. The van der Waals surface area contributed by atoms with Crippen molar-refractivity contribution in [1.82, 2.24) is 4.31 Å². The van der Waals surface area contributed by atoms with Gasteiger partial charge < -0.3 is 5.73 Å². The molecule has 0 fully saturated rings. The average Bonchev–Trinajstić information content (AvgIpc) is 2.58. The highest BCUT2D eigenvalue weighted by atomic mass is 32.2. The van der Waals surface area contributed by atoms with Crippen molar-refractivity contribution in [1.29, 1.82) is 0 Å². The number of carbonyl (C=O) groups excluding carboxylic acids is 1. The molecule has 0 radical (unpaired) electrons. The van der Waals surface area contributed by atoms with Gasteiger partial charge in [-0.1, -0.05) is 36.4 Å². The van der Waals surface area contributed by atoms with Gasteiger partial charge in [-0.05, 0) is 23.8 Å². The summed E-state index contributed by atoms with van der Waals surface area (Å²) >= 11 is 0. The van der Waals surface area contributed by atoms with E-state index in [1.54, 1.807) is 30.3 Å². The molecule has 140 valence electrons. The van der Waals surface area contributed by atoms with Gasteiger partial charge in [0.1, 0.15) is 0 Å². The first kappa shape index (κ1) is 19.9. The van der Waals surface area contributed by atoms with Crippen molar-refractivity contribution in [3.63, 3.8) is 0 Å². The van der Waals surface area contributed by atoms with Crippen molar-refractivity contribution in [3.8, 4) is 0 Å². The highest BCUT2D eigenvalue weighted by Gasteiger charge is 2.33. The van der Waals surface area contributed by atoms with Crippen LogP contribution in [-0.4, -0.2) is 25.2 Å². The molecule has 2 rings (SSSR count). The minimum Gasteiger partial charge on any atom is -0.370 e. The summed E-state index contributed by atoms with van der Waals surface area (Å²) in [5, 5.41) is 0. The summed E-state index contributed by atoms with van der Waals surface area (Å²) in [4.78, 5) is 10.6. The molecule has 0 aliphatic rings. The average molecular weight is 386 g/mol. The van der Waals surface area contributed by atoms with Crippen LogP contribution in [0.4, 0.5) is 13.2 Å². The first-order chi connectivity index (χ1) is 12.1. The third-order valence-corrected chi connectivity index (χ3v) is 5.45. The second-order valence-electron chi connectivity index (χ2n) is 5.57. The number of hydrogen-bond donors (Lipinski definition) is 1. The Bertz CT molecular complexity index is 868. The summed E-state index contributed by atoms with van der Waals surface area (Å²) < 4.78 is 65.3. The van der Waals surface area contributed by atoms with Gasteiger partial charge in [-0.2, -0.15) is 17.5 Å². The largest absolute Gasteiger partial charge is 0.416 e. The van der Waals surface area contributed by atoms with E-state index in [0.717, 1.165) is 22.5 Å². The van der Waals surface area contributed by atoms with Crippen LogP contribution in [0.3, 0.4) is 0 Å². The fraction of sp³-hybridized carbons (Fsp3) is 0.235. The summed E-state index contributed by atoms with van der Waals surface area (Å²) in [6, 6.07) is 12.0. The standard InChI is InChI=1S/C17H17F3N2O3S/c18-17(19,20)14-7-4-8-15(11-14)26(24,25)22(10-9-16(21)23)12-13-5-2-1-3-6-13/h1-8,11H,9-10,12H2,(H2,21,23). The number of halogens is 3. The zero-order valence-corrected chi connectivity index (χ0v) is 14.4. The molecule has 0 aromatic heterocycles. The minimum absolute atomic E-state index is 0.0906. The van der Waals surface area contributed by atoms with Crippen LogP contribution in [0.1, 0.15) is 17.5 Å². The van der Waals surface area contributed by atoms with Gasteiger partial charge in [-0.3, -0.25) is 4.79 Å². The third kappa shape index (κ3) is 5.06. The van der Waals surface area contributed by atoms with Crippen molar-refractivity contribution in [2.75, 3.05) is 6.54 Å². The van der Waals surface area contributed by atoms with Crippen LogP contribution in [0.25, 0.3) is 0 Å². The van der Waals surface area contributed by atoms with Gasteiger partial charge >= 0.3 is 6.18 Å². The van der Waals surface area contributed by atoms with Gasteiger partial charge in [-0.25, -0.2) is 8.42 Å². The predicted molar refractivity (Wildman–Crippen MR) is 89.3 cm³/mol. The van der Waals surface area contributed by atoms with E-state index in [2.05, 4.69) is 0 Å². The van der Waals surface area contributed by atoms with E-state index in [0.29, 0.717) is 11.6 Å². The number of sulfonamides is 1. The number of alkyl halides is 3. The van der Waals surface area contributed by atoms with Crippen LogP contribution in [0.5, 0.6) is 0 Å². The number of hydrogen-bond acceptors (Lipinski definition) is 3. The summed E-state index contributed by atoms with van der Waals surface area (Å²) in [5.41, 5.74) is 4.66. The fourth-order valence-corrected chi connectivity index (χ4v) is 3.76. The van der Waals surface area contributed by atoms with Crippen LogP contribution in [0.15, 0.2) is 59.5 Å². The quantitative estimate of drug-likeness (QED) is 0.795. The van der Waals surface area contributed by atoms with Crippen LogP contribution in [0, 0.1) is 0 Å². The number of benzene rings is 2. The van der Waals surface area contributed by atoms with Crippen LogP contribution in [0.2, 0.25) is 0 Å². The Morgan fingerprint density at radius 3 is 2.27 bits per heavy atom. The Morgan fingerprint density at radius 2 is 1.69 bits per heavy atom. The normalized spacial score (nSPS) is 12.3. The first-order valence-electron chi connectivity index (χ1n) is 7.60. The summed E-state index contributed by atoms with van der Waals surface area (Å²) in [5.74, 6) is -0.706. The van der Waals surface area contributed by atoms with E-state index in [4.69, 9.17) is 5.73 Å². The Labute approximate surface area is 149 Å². The van der Waals surface area contributed by atoms with E-state index in [1.807, 2.05) is 0 Å². The molecule has 0 saturated heterocycles. The van der Waals surface area contributed by atoms with Crippen LogP contribution >= 0.6 is 0 Å². The van der Waals surface area contributed by atoms with E-state index in [1.165, 1.54) is 0 Å².